The van der Waals surface area contributed by atoms with Crippen LogP contribution in [0.25, 0.3) is 16.7 Å². The third-order valence-electron chi connectivity index (χ3n) is 3.15. The molecule has 0 aliphatic carbocycles. The molecule has 0 bridgehead atoms. The lowest BCUT2D eigenvalue weighted by Crippen LogP contribution is -2.02. The van der Waals surface area contributed by atoms with E-state index < -0.39 is 17.0 Å². The molecule has 1 unspecified atom stereocenters. The van der Waals surface area contributed by atoms with Gasteiger partial charge in [-0.15, -0.1) is 11.6 Å². The smallest absolute Gasteiger partial charge is 0.153 e. The highest BCUT2D eigenvalue weighted by atomic mass is 127. The van der Waals surface area contributed by atoms with Gasteiger partial charge in [0.25, 0.3) is 0 Å². The fraction of sp³-hybridized carbons (Fsp3) is 0.133. The molecule has 0 radical (unpaired) electrons. The average molecular weight is 419 g/mol. The molecule has 0 N–H and O–H groups in total. The summed E-state index contributed by atoms with van der Waals surface area (Å²) in [6.45, 7) is 1.75. The zero-order valence-corrected chi connectivity index (χ0v) is 13.9. The summed E-state index contributed by atoms with van der Waals surface area (Å²) in [6, 6.07) is 9.67. The highest BCUT2D eigenvalue weighted by molar-refractivity contribution is 14.1. The molecule has 0 saturated carbocycles. The molecular weight excluding hydrogens is 409 g/mol. The predicted octanol–water partition coefficient (Wildman–Crippen LogP) is 5.21. The van der Waals surface area contributed by atoms with Gasteiger partial charge in [-0.1, -0.05) is 0 Å². The molecule has 3 aromatic rings. The normalized spacial score (nSPS) is 12.8. The molecular formula is C15H10ClF2IN2. The lowest BCUT2D eigenvalue weighted by atomic mass is 10.2. The Morgan fingerprint density at radius 3 is 2.48 bits per heavy atom. The summed E-state index contributed by atoms with van der Waals surface area (Å²) in [5, 5.41) is -0.431. The third kappa shape index (κ3) is 2.64. The summed E-state index contributed by atoms with van der Waals surface area (Å²) >= 11 is 8.35. The van der Waals surface area contributed by atoms with E-state index in [0.717, 1.165) is 15.3 Å². The molecule has 1 aromatic heterocycles. The van der Waals surface area contributed by atoms with Crippen LogP contribution in [0.15, 0.2) is 36.4 Å². The minimum atomic E-state index is -0.687. The number of imidazole rings is 1. The van der Waals surface area contributed by atoms with Gasteiger partial charge in [-0.2, -0.15) is 0 Å². The van der Waals surface area contributed by atoms with Crippen LogP contribution in [0.4, 0.5) is 8.78 Å². The van der Waals surface area contributed by atoms with Crippen LogP contribution in [0, 0.1) is 15.2 Å². The van der Waals surface area contributed by atoms with Gasteiger partial charge in [0.1, 0.15) is 17.2 Å². The van der Waals surface area contributed by atoms with Crippen molar-refractivity contribution in [3.8, 4) is 5.69 Å². The summed E-state index contributed by atoms with van der Waals surface area (Å²) in [5.41, 5.74) is 1.26. The van der Waals surface area contributed by atoms with E-state index in [-0.39, 0.29) is 5.52 Å². The van der Waals surface area contributed by atoms with Crippen molar-refractivity contribution < 1.29 is 8.78 Å². The molecule has 0 fully saturated rings. The third-order valence-corrected chi connectivity index (χ3v) is 4.06. The van der Waals surface area contributed by atoms with E-state index in [0.29, 0.717) is 11.3 Å². The second-order valence-corrected chi connectivity index (χ2v) is 6.55. The Kier molecular flexibility index (Phi) is 3.88. The number of alkyl halides is 1. The molecule has 0 spiro atoms. The number of hydrogen-bond acceptors (Lipinski definition) is 1. The van der Waals surface area contributed by atoms with Gasteiger partial charge >= 0.3 is 0 Å². The molecule has 1 atom stereocenters. The lowest BCUT2D eigenvalue weighted by molar-refractivity contribution is 0.590. The number of rotatable bonds is 2. The quantitative estimate of drug-likeness (QED) is 0.413. The van der Waals surface area contributed by atoms with Gasteiger partial charge in [0.05, 0.1) is 10.9 Å². The second kappa shape index (κ2) is 5.53. The minimum absolute atomic E-state index is 0.123. The van der Waals surface area contributed by atoms with Crippen molar-refractivity contribution in [1.82, 2.24) is 9.55 Å². The highest BCUT2D eigenvalue weighted by Crippen LogP contribution is 2.30. The Hall–Kier alpha value is -1.21. The summed E-state index contributed by atoms with van der Waals surface area (Å²) in [6.07, 6.45) is 0. The maximum absolute atomic E-state index is 13.9. The van der Waals surface area contributed by atoms with Crippen molar-refractivity contribution in [2.24, 2.45) is 0 Å². The molecule has 0 aliphatic rings. The van der Waals surface area contributed by atoms with E-state index >= 15 is 0 Å². The topological polar surface area (TPSA) is 17.8 Å². The Morgan fingerprint density at radius 2 is 1.86 bits per heavy atom. The van der Waals surface area contributed by atoms with Crippen molar-refractivity contribution >= 4 is 45.2 Å². The molecule has 1 heterocycles. The molecule has 6 heteroatoms. The first-order valence-corrected chi connectivity index (χ1v) is 7.76. The maximum Gasteiger partial charge on any atom is 0.153 e. The SMILES string of the molecule is CC(Cl)c1nc2c(F)cc(F)cc2n1-c1ccc(I)cc1. The Morgan fingerprint density at radius 1 is 1.19 bits per heavy atom. The Bertz CT molecular complexity index is 813. The van der Waals surface area contributed by atoms with Crippen molar-refractivity contribution in [2.45, 2.75) is 12.3 Å². The van der Waals surface area contributed by atoms with Gasteiger partial charge in [0, 0.05) is 21.4 Å². The van der Waals surface area contributed by atoms with Crippen LogP contribution in [0.5, 0.6) is 0 Å². The first-order valence-electron chi connectivity index (χ1n) is 6.25. The number of benzene rings is 2. The van der Waals surface area contributed by atoms with E-state index in [1.165, 1.54) is 6.07 Å². The average Bonchev–Trinajstić information content (AvgIpc) is 2.79. The Labute approximate surface area is 138 Å². The summed E-state index contributed by atoms with van der Waals surface area (Å²) in [4.78, 5) is 4.24. The van der Waals surface area contributed by atoms with Gasteiger partial charge in [-0.25, -0.2) is 13.8 Å². The van der Waals surface area contributed by atoms with Crippen molar-refractivity contribution in [3.63, 3.8) is 0 Å². The molecule has 2 nitrogen and oxygen atoms in total. The van der Waals surface area contributed by atoms with Gasteiger partial charge < -0.3 is 0 Å². The van der Waals surface area contributed by atoms with Gasteiger partial charge in [-0.3, -0.25) is 4.57 Å². The van der Waals surface area contributed by atoms with Gasteiger partial charge in [0.15, 0.2) is 5.82 Å². The van der Waals surface area contributed by atoms with Crippen LogP contribution < -0.4 is 0 Å². The van der Waals surface area contributed by atoms with Crippen molar-refractivity contribution in [1.29, 1.82) is 0 Å². The number of aromatic nitrogens is 2. The van der Waals surface area contributed by atoms with Crippen molar-refractivity contribution in [2.75, 3.05) is 0 Å². The first kappa shape index (κ1) is 14.7. The zero-order valence-electron chi connectivity index (χ0n) is 10.9. The largest absolute Gasteiger partial charge is 0.295 e. The number of halogens is 4. The number of fused-ring (bicyclic) bond motifs is 1. The molecule has 108 valence electrons. The summed E-state index contributed by atoms with van der Waals surface area (Å²) in [5.74, 6) is -0.842. The molecule has 2 aromatic carbocycles. The van der Waals surface area contributed by atoms with Gasteiger partial charge in [0.2, 0.25) is 0 Å². The molecule has 0 saturated heterocycles. The van der Waals surface area contributed by atoms with Crippen LogP contribution >= 0.6 is 34.2 Å². The summed E-state index contributed by atoms with van der Waals surface area (Å²) < 4.78 is 30.2. The van der Waals surface area contributed by atoms with Crippen LogP contribution in [0.1, 0.15) is 18.1 Å². The van der Waals surface area contributed by atoms with E-state index in [1.54, 1.807) is 11.5 Å². The van der Waals surface area contributed by atoms with Crippen LogP contribution in [0.2, 0.25) is 0 Å². The zero-order chi connectivity index (χ0) is 15.1. The predicted molar refractivity (Wildman–Crippen MR) is 88.0 cm³/mol. The van der Waals surface area contributed by atoms with E-state index in [1.807, 2.05) is 24.3 Å². The fourth-order valence-electron chi connectivity index (χ4n) is 2.25. The first-order chi connectivity index (χ1) is 9.97. The second-order valence-electron chi connectivity index (χ2n) is 4.65. The molecule has 21 heavy (non-hydrogen) atoms. The van der Waals surface area contributed by atoms with Crippen LogP contribution in [-0.4, -0.2) is 9.55 Å². The van der Waals surface area contributed by atoms with Gasteiger partial charge in [-0.05, 0) is 53.8 Å². The fourth-order valence-corrected chi connectivity index (χ4v) is 2.76. The summed E-state index contributed by atoms with van der Waals surface area (Å²) in [7, 11) is 0. The number of nitrogens with zero attached hydrogens (tertiary/aromatic N) is 2. The van der Waals surface area contributed by atoms with Crippen molar-refractivity contribution in [3.05, 3.63) is 57.4 Å². The van der Waals surface area contributed by atoms with E-state index in [9.17, 15) is 8.78 Å². The Balaban J connectivity index is 2.37. The molecule has 0 aliphatic heterocycles. The maximum atomic E-state index is 13.9. The van der Waals surface area contributed by atoms with Crippen LogP contribution in [-0.2, 0) is 0 Å². The van der Waals surface area contributed by atoms with E-state index in [4.69, 9.17) is 11.6 Å². The standard InChI is InChI=1S/C15H10ClF2IN2/c1-8(16)15-20-14-12(18)6-9(17)7-13(14)21(15)11-4-2-10(19)3-5-11/h2-8H,1H3. The monoisotopic (exact) mass is 418 g/mol. The lowest BCUT2D eigenvalue weighted by Gasteiger charge is -2.10. The van der Waals surface area contributed by atoms with E-state index in [2.05, 4.69) is 27.6 Å². The number of hydrogen-bond donors (Lipinski definition) is 0. The molecule has 3 rings (SSSR count). The highest BCUT2D eigenvalue weighted by Gasteiger charge is 2.19. The minimum Gasteiger partial charge on any atom is -0.295 e. The van der Waals surface area contributed by atoms with Crippen LogP contribution in [0.3, 0.4) is 0 Å². The molecule has 0 amide bonds.